The van der Waals surface area contributed by atoms with E-state index in [-0.39, 0.29) is 0 Å². The van der Waals surface area contributed by atoms with Gasteiger partial charge in [0.15, 0.2) is 0 Å². The zero-order chi connectivity index (χ0) is 20.5. The Labute approximate surface area is 166 Å². The summed E-state index contributed by atoms with van der Waals surface area (Å²) in [4.78, 5) is 18.1. The number of nitrogens with one attached hydrogen (secondary N) is 2. The van der Waals surface area contributed by atoms with Crippen LogP contribution in [-0.4, -0.2) is 41.6 Å². The van der Waals surface area contributed by atoms with Gasteiger partial charge in [0.05, 0.1) is 30.4 Å². The third-order valence-corrected chi connectivity index (χ3v) is 4.05. The van der Waals surface area contributed by atoms with E-state index >= 15 is 0 Å². The Morgan fingerprint density at radius 2 is 2.14 bits per heavy atom. The lowest BCUT2D eigenvalue weighted by Gasteiger charge is -2.23. The number of imidazole rings is 1. The van der Waals surface area contributed by atoms with Gasteiger partial charge >= 0.3 is 0 Å². The van der Waals surface area contributed by atoms with Gasteiger partial charge in [-0.15, -0.1) is 0 Å². The first kappa shape index (κ1) is 21.0. The van der Waals surface area contributed by atoms with Crippen LogP contribution >= 0.6 is 0 Å². The molecular weight excluding hydrogens is 352 g/mol. The predicted molar refractivity (Wildman–Crippen MR) is 117 cm³/mol. The Morgan fingerprint density at radius 1 is 1.36 bits per heavy atom. The molecule has 0 saturated heterocycles. The number of anilines is 2. The Balaban J connectivity index is 0.00000136. The maximum absolute atomic E-state index is 5.29. The lowest BCUT2D eigenvalue weighted by molar-refractivity contribution is 0.412. The van der Waals surface area contributed by atoms with Crippen LogP contribution in [0.5, 0.6) is 5.75 Å². The molecule has 1 aliphatic heterocycles. The highest BCUT2D eigenvalue weighted by atomic mass is 16.5. The molecule has 0 atom stereocenters. The van der Waals surface area contributed by atoms with Gasteiger partial charge in [0, 0.05) is 18.1 Å². The fourth-order valence-corrected chi connectivity index (χ4v) is 2.76. The SMILES string of the molecule is C=N/C(C)=C(/c1cnc(Nc2ccc(OC)c(C)c2)[nH]1)N1C=CC=NC1.CC. The number of nitrogens with zero attached hydrogens (tertiary/aromatic N) is 4. The second kappa shape index (κ2) is 10.1. The number of aromatic amines is 1. The molecule has 0 radical (unpaired) electrons. The highest BCUT2D eigenvalue weighted by Gasteiger charge is 2.16. The molecule has 1 aromatic heterocycles. The molecule has 2 aromatic rings. The second-order valence-corrected chi connectivity index (χ2v) is 5.83. The summed E-state index contributed by atoms with van der Waals surface area (Å²) < 4.78 is 5.29. The van der Waals surface area contributed by atoms with Gasteiger partial charge in [-0.1, -0.05) is 13.8 Å². The van der Waals surface area contributed by atoms with Gasteiger partial charge in [-0.05, 0) is 50.4 Å². The van der Waals surface area contributed by atoms with Crippen LogP contribution < -0.4 is 10.1 Å². The highest BCUT2D eigenvalue weighted by molar-refractivity contribution is 5.74. The van der Waals surface area contributed by atoms with Crippen molar-refractivity contribution in [3.63, 3.8) is 0 Å². The summed E-state index contributed by atoms with van der Waals surface area (Å²) in [6.45, 7) is 12.1. The van der Waals surface area contributed by atoms with E-state index < -0.39 is 0 Å². The standard InChI is InChI=1S/C19H22N6O.C2H6/c1-13-10-15(6-7-17(13)26-4)23-19-22-11-16(24-19)18(14(2)20-3)25-9-5-8-21-12-25;1-2/h5-11H,3,12H2,1-2,4H3,(H2,22,23,24);1-2H3/b18-14-;. The molecule has 148 valence electrons. The summed E-state index contributed by atoms with van der Waals surface area (Å²) in [7, 11) is 1.66. The lowest BCUT2D eigenvalue weighted by Crippen LogP contribution is -2.19. The Bertz CT molecular complexity index is 894. The van der Waals surface area contributed by atoms with E-state index in [0.29, 0.717) is 12.6 Å². The van der Waals surface area contributed by atoms with Crippen molar-refractivity contribution in [3.05, 3.63) is 53.6 Å². The normalized spacial score (nSPS) is 13.4. The zero-order valence-electron chi connectivity index (χ0n) is 17.2. The van der Waals surface area contributed by atoms with Gasteiger partial charge in [0.2, 0.25) is 5.95 Å². The number of methoxy groups -OCH3 is 1. The molecule has 0 fully saturated rings. The molecule has 7 heteroatoms. The number of benzene rings is 1. The van der Waals surface area contributed by atoms with Crippen molar-refractivity contribution in [3.8, 4) is 5.75 Å². The first-order valence-electron chi connectivity index (χ1n) is 9.20. The van der Waals surface area contributed by atoms with E-state index in [1.807, 2.05) is 63.1 Å². The van der Waals surface area contributed by atoms with E-state index in [1.165, 1.54) is 0 Å². The number of aromatic nitrogens is 2. The van der Waals surface area contributed by atoms with Gasteiger partial charge in [0.25, 0.3) is 0 Å². The Hall–Kier alpha value is -3.35. The minimum atomic E-state index is 0.526. The monoisotopic (exact) mass is 380 g/mol. The summed E-state index contributed by atoms with van der Waals surface area (Å²) in [5, 5.41) is 3.27. The number of allylic oxidation sites excluding steroid dienone is 2. The van der Waals surface area contributed by atoms with Crippen molar-refractivity contribution in [2.45, 2.75) is 27.7 Å². The van der Waals surface area contributed by atoms with Gasteiger partial charge in [0.1, 0.15) is 12.4 Å². The van der Waals surface area contributed by atoms with Crippen LogP contribution in [0, 0.1) is 6.92 Å². The molecule has 1 aliphatic rings. The summed E-state index contributed by atoms with van der Waals surface area (Å²) >= 11 is 0. The molecule has 7 nitrogen and oxygen atoms in total. The molecular formula is C21H28N6O. The average molecular weight is 380 g/mol. The van der Waals surface area contributed by atoms with Crippen LogP contribution in [0.3, 0.4) is 0 Å². The first-order chi connectivity index (χ1) is 13.6. The summed E-state index contributed by atoms with van der Waals surface area (Å²) in [5.41, 5.74) is 4.50. The van der Waals surface area contributed by atoms with Gasteiger partial charge in [-0.2, -0.15) is 0 Å². The molecule has 0 bridgehead atoms. The van der Waals surface area contributed by atoms with Crippen molar-refractivity contribution in [2.75, 3.05) is 19.1 Å². The maximum atomic E-state index is 5.29. The number of H-pyrrole nitrogens is 1. The lowest BCUT2D eigenvalue weighted by atomic mass is 10.2. The second-order valence-electron chi connectivity index (χ2n) is 5.83. The van der Waals surface area contributed by atoms with E-state index in [0.717, 1.165) is 34.1 Å². The quantitative estimate of drug-likeness (QED) is 0.709. The first-order valence-corrected chi connectivity index (χ1v) is 9.20. The number of ether oxygens (including phenoxy) is 1. The molecule has 1 aromatic carbocycles. The van der Waals surface area contributed by atoms with Crippen LogP contribution in [-0.2, 0) is 0 Å². The van der Waals surface area contributed by atoms with E-state index in [9.17, 15) is 0 Å². The van der Waals surface area contributed by atoms with Crippen molar-refractivity contribution >= 4 is 30.3 Å². The van der Waals surface area contributed by atoms with Crippen molar-refractivity contribution in [2.24, 2.45) is 9.98 Å². The molecule has 0 aliphatic carbocycles. The minimum Gasteiger partial charge on any atom is -0.496 e. The average Bonchev–Trinajstić information content (AvgIpc) is 3.18. The zero-order valence-corrected chi connectivity index (χ0v) is 17.2. The van der Waals surface area contributed by atoms with Crippen LogP contribution in [0.4, 0.5) is 11.6 Å². The number of aryl methyl sites for hydroxylation is 1. The topological polar surface area (TPSA) is 77.9 Å². The van der Waals surface area contributed by atoms with E-state index in [2.05, 4.69) is 32.0 Å². The highest BCUT2D eigenvalue weighted by Crippen LogP contribution is 2.27. The molecule has 0 saturated carbocycles. The number of aliphatic imine (C=N–C) groups is 2. The largest absolute Gasteiger partial charge is 0.496 e. The van der Waals surface area contributed by atoms with E-state index in [1.54, 1.807) is 19.5 Å². The van der Waals surface area contributed by atoms with E-state index in [4.69, 9.17) is 4.74 Å². The third-order valence-electron chi connectivity index (χ3n) is 4.05. The van der Waals surface area contributed by atoms with Crippen molar-refractivity contribution in [1.82, 2.24) is 14.9 Å². The molecule has 2 heterocycles. The number of hydrogen-bond donors (Lipinski definition) is 2. The summed E-state index contributed by atoms with van der Waals surface area (Å²) in [5.74, 6) is 1.49. The predicted octanol–water partition coefficient (Wildman–Crippen LogP) is 4.74. The molecule has 0 unspecified atom stereocenters. The number of hydrogen-bond acceptors (Lipinski definition) is 6. The molecule has 2 N–H and O–H groups in total. The fraction of sp³-hybridized carbons (Fsp3) is 0.286. The third kappa shape index (κ3) is 4.88. The smallest absolute Gasteiger partial charge is 0.205 e. The van der Waals surface area contributed by atoms with Crippen LogP contribution in [0.2, 0.25) is 0 Å². The molecule has 3 rings (SSSR count). The molecule has 0 spiro atoms. The maximum Gasteiger partial charge on any atom is 0.205 e. The van der Waals surface area contributed by atoms with Crippen molar-refractivity contribution in [1.29, 1.82) is 0 Å². The van der Waals surface area contributed by atoms with Crippen LogP contribution in [0.15, 0.2) is 52.4 Å². The van der Waals surface area contributed by atoms with Crippen molar-refractivity contribution < 1.29 is 4.74 Å². The molecule has 0 amide bonds. The fourth-order valence-electron chi connectivity index (χ4n) is 2.76. The van der Waals surface area contributed by atoms with Gasteiger partial charge in [-0.3, -0.25) is 9.98 Å². The minimum absolute atomic E-state index is 0.526. The molecule has 28 heavy (non-hydrogen) atoms. The Morgan fingerprint density at radius 3 is 2.75 bits per heavy atom. The number of rotatable bonds is 6. The summed E-state index contributed by atoms with van der Waals surface area (Å²) in [6.07, 6.45) is 7.39. The van der Waals surface area contributed by atoms with Gasteiger partial charge < -0.3 is 19.9 Å². The van der Waals surface area contributed by atoms with Crippen LogP contribution in [0.1, 0.15) is 32.0 Å². The Kier molecular flexibility index (Phi) is 7.56. The summed E-state index contributed by atoms with van der Waals surface area (Å²) in [6, 6.07) is 5.88. The van der Waals surface area contributed by atoms with Gasteiger partial charge in [-0.25, -0.2) is 4.98 Å². The van der Waals surface area contributed by atoms with Crippen LogP contribution in [0.25, 0.3) is 5.70 Å².